The van der Waals surface area contributed by atoms with Crippen molar-refractivity contribution in [1.29, 1.82) is 0 Å². The fourth-order valence-corrected chi connectivity index (χ4v) is 0.820. The molecule has 0 saturated heterocycles. The van der Waals surface area contributed by atoms with Gasteiger partial charge in [0.1, 0.15) is 5.56 Å². The van der Waals surface area contributed by atoms with Crippen molar-refractivity contribution in [3.8, 4) is 0 Å². The van der Waals surface area contributed by atoms with E-state index in [-0.39, 0.29) is 0 Å². The van der Waals surface area contributed by atoms with Gasteiger partial charge in [-0.25, -0.2) is 8.78 Å². The first-order valence-electron chi connectivity index (χ1n) is 3.22. The van der Waals surface area contributed by atoms with Crippen LogP contribution in [0.5, 0.6) is 0 Å². The standard InChI is InChI=1S/C7H4F5N/c1-3-6(9)5(7(10,11)12)4(8)2-13-3/h2H,1H3. The first-order valence-corrected chi connectivity index (χ1v) is 3.22. The van der Waals surface area contributed by atoms with Crippen molar-refractivity contribution < 1.29 is 22.0 Å². The Kier molecular flexibility index (Phi) is 2.23. The normalized spacial score (nSPS) is 11.8. The summed E-state index contributed by atoms with van der Waals surface area (Å²) >= 11 is 0. The highest BCUT2D eigenvalue weighted by molar-refractivity contribution is 5.23. The number of pyridine rings is 1. The molecule has 1 aromatic heterocycles. The lowest BCUT2D eigenvalue weighted by Gasteiger charge is -2.09. The van der Waals surface area contributed by atoms with E-state index in [2.05, 4.69) is 4.98 Å². The fourth-order valence-electron chi connectivity index (χ4n) is 0.820. The van der Waals surface area contributed by atoms with Crippen LogP contribution in [0.4, 0.5) is 22.0 Å². The first kappa shape index (κ1) is 9.88. The Balaban J connectivity index is 3.43. The molecule has 0 spiro atoms. The van der Waals surface area contributed by atoms with E-state index in [4.69, 9.17) is 0 Å². The quantitative estimate of drug-likeness (QED) is 0.582. The number of hydrogen-bond donors (Lipinski definition) is 0. The highest BCUT2D eigenvalue weighted by Gasteiger charge is 2.38. The zero-order chi connectivity index (χ0) is 10.2. The Morgan fingerprint density at radius 1 is 1.23 bits per heavy atom. The molecule has 0 radical (unpaired) electrons. The Bertz CT molecular complexity index is 330. The highest BCUT2D eigenvalue weighted by Crippen LogP contribution is 2.33. The largest absolute Gasteiger partial charge is 0.422 e. The van der Waals surface area contributed by atoms with Gasteiger partial charge >= 0.3 is 6.18 Å². The molecule has 6 heteroatoms. The summed E-state index contributed by atoms with van der Waals surface area (Å²) in [6, 6.07) is 0. The molecule has 0 unspecified atom stereocenters. The van der Waals surface area contributed by atoms with E-state index >= 15 is 0 Å². The van der Waals surface area contributed by atoms with Crippen molar-refractivity contribution in [2.75, 3.05) is 0 Å². The van der Waals surface area contributed by atoms with Gasteiger partial charge in [-0.2, -0.15) is 13.2 Å². The lowest BCUT2D eigenvalue weighted by atomic mass is 10.2. The lowest BCUT2D eigenvalue weighted by molar-refractivity contribution is -0.142. The number of aromatic nitrogens is 1. The molecule has 0 amide bonds. The summed E-state index contributed by atoms with van der Waals surface area (Å²) < 4.78 is 61.2. The fraction of sp³-hybridized carbons (Fsp3) is 0.286. The maximum Gasteiger partial charge on any atom is 0.422 e. The Morgan fingerprint density at radius 3 is 2.15 bits per heavy atom. The van der Waals surface area contributed by atoms with Gasteiger partial charge in [-0.1, -0.05) is 0 Å². The van der Waals surface area contributed by atoms with Gasteiger partial charge in [0.25, 0.3) is 0 Å². The van der Waals surface area contributed by atoms with Crippen LogP contribution in [-0.4, -0.2) is 4.98 Å². The Hall–Kier alpha value is -1.20. The lowest BCUT2D eigenvalue weighted by Crippen LogP contribution is -2.13. The van der Waals surface area contributed by atoms with Gasteiger partial charge in [-0.05, 0) is 6.92 Å². The summed E-state index contributed by atoms with van der Waals surface area (Å²) in [5, 5.41) is 0. The van der Waals surface area contributed by atoms with Crippen molar-refractivity contribution in [1.82, 2.24) is 4.98 Å². The Labute approximate surface area is 70.2 Å². The van der Waals surface area contributed by atoms with Gasteiger partial charge < -0.3 is 0 Å². The van der Waals surface area contributed by atoms with Crippen LogP contribution in [0.1, 0.15) is 11.3 Å². The second-order valence-corrected chi connectivity index (χ2v) is 2.38. The van der Waals surface area contributed by atoms with Crippen LogP contribution in [0.15, 0.2) is 6.20 Å². The molecule has 72 valence electrons. The molecule has 0 atom stereocenters. The molecule has 1 heterocycles. The molecule has 1 nitrogen and oxygen atoms in total. The minimum atomic E-state index is -5.03. The van der Waals surface area contributed by atoms with Crippen LogP contribution < -0.4 is 0 Å². The summed E-state index contributed by atoms with van der Waals surface area (Å²) in [5.74, 6) is -3.36. The third kappa shape index (κ3) is 1.76. The molecule has 13 heavy (non-hydrogen) atoms. The van der Waals surface area contributed by atoms with Crippen LogP contribution in [-0.2, 0) is 6.18 Å². The molecular weight excluding hydrogens is 193 g/mol. The Morgan fingerprint density at radius 2 is 1.77 bits per heavy atom. The van der Waals surface area contributed by atoms with Gasteiger partial charge in [-0.15, -0.1) is 0 Å². The van der Waals surface area contributed by atoms with Crippen LogP contribution in [0.2, 0.25) is 0 Å². The van der Waals surface area contributed by atoms with E-state index in [1.54, 1.807) is 0 Å². The summed E-state index contributed by atoms with van der Waals surface area (Å²) in [4.78, 5) is 3.10. The van der Waals surface area contributed by atoms with E-state index in [9.17, 15) is 22.0 Å². The summed E-state index contributed by atoms with van der Waals surface area (Å²) in [6.07, 6.45) is -4.68. The smallest absolute Gasteiger partial charge is 0.255 e. The number of alkyl halides is 3. The number of nitrogens with zero attached hydrogens (tertiary/aromatic N) is 1. The molecule has 1 rings (SSSR count). The van der Waals surface area contributed by atoms with Crippen LogP contribution >= 0.6 is 0 Å². The monoisotopic (exact) mass is 197 g/mol. The van der Waals surface area contributed by atoms with Crippen molar-refractivity contribution in [2.45, 2.75) is 13.1 Å². The van der Waals surface area contributed by atoms with E-state index < -0.39 is 29.1 Å². The van der Waals surface area contributed by atoms with Crippen molar-refractivity contribution in [2.24, 2.45) is 0 Å². The van der Waals surface area contributed by atoms with Gasteiger partial charge in [0, 0.05) is 0 Å². The average Bonchev–Trinajstić information content (AvgIpc) is 1.95. The summed E-state index contributed by atoms with van der Waals surface area (Å²) in [7, 11) is 0. The molecule has 0 N–H and O–H groups in total. The minimum absolute atomic E-state index is 0.348. The van der Waals surface area contributed by atoms with Gasteiger partial charge in [-0.3, -0.25) is 4.98 Å². The van der Waals surface area contributed by atoms with E-state index in [1.165, 1.54) is 0 Å². The van der Waals surface area contributed by atoms with Gasteiger partial charge in [0.15, 0.2) is 11.6 Å². The number of halogens is 5. The van der Waals surface area contributed by atoms with Crippen molar-refractivity contribution >= 4 is 0 Å². The zero-order valence-electron chi connectivity index (χ0n) is 6.41. The van der Waals surface area contributed by atoms with Crippen LogP contribution in [0, 0.1) is 18.6 Å². The molecular formula is C7H4F5N. The maximum absolute atomic E-state index is 12.7. The molecule has 0 aliphatic carbocycles. The van der Waals surface area contributed by atoms with Gasteiger partial charge in [0.05, 0.1) is 11.9 Å². The zero-order valence-corrected chi connectivity index (χ0v) is 6.41. The van der Waals surface area contributed by atoms with Crippen molar-refractivity contribution in [3.63, 3.8) is 0 Å². The highest BCUT2D eigenvalue weighted by atomic mass is 19.4. The topological polar surface area (TPSA) is 12.9 Å². The second kappa shape index (κ2) is 2.93. The van der Waals surface area contributed by atoms with Crippen LogP contribution in [0.25, 0.3) is 0 Å². The third-order valence-electron chi connectivity index (χ3n) is 1.43. The molecule has 0 fully saturated rings. The molecule has 0 aromatic carbocycles. The predicted octanol–water partition coefficient (Wildman–Crippen LogP) is 2.69. The van der Waals surface area contributed by atoms with E-state index in [0.29, 0.717) is 6.20 Å². The number of hydrogen-bond acceptors (Lipinski definition) is 1. The first-order chi connectivity index (χ1) is 5.84. The van der Waals surface area contributed by atoms with E-state index in [1.807, 2.05) is 0 Å². The average molecular weight is 197 g/mol. The number of rotatable bonds is 0. The molecule has 0 aliphatic rings. The molecule has 0 saturated carbocycles. The predicted molar refractivity (Wildman–Crippen MR) is 33.9 cm³/mol. The van der Waals surface area contributed by atoms with Crippen LogP contribution in [0.3, 0.4) is 0 Å². The van der Waals surface area contributed by atoms with Crippen molar-refractivity contribution in [3.05, 3.63) is 29.1 Å². The molecule has 0 aliphatic heterocycles. The summed E-state index contributed by atoms with van der Waals surface area (Å²) in [5.41, 5.74) is -2.37. The second-order valence-electron chi connectivity index (χ2n) is 2.38. The SMILES string of the molecule is Cc1ncc(F)c(C(F)(F)F)c1F. The van der Waals surface area contributed by atoms with E-state index in [0.717, 1.165) is 6.92 Å². The maximum atomic E-state index is 12.7. The number of aryl methyl sites for hydroxylation is 1. The minimum Gasteiger partial charge on any atom is -0.255 e. The summed E-state index contributed by atoms with van der Waals surface area (Å²) in [6.45, 7) is 1.03. The third-order valence-corrected chi connectivity index (χ3v) is 1.43. The molecule has 1 aromatic rings. The molecule has 0 bridgehead atoms. The van der Waals surface area contributed by atoms with Gasteiger partial charge in [0.2, 0.25) is 0 Å².